The second kappa shape index (κ2) is 7.37. The highest BCUT2D eigenvalue weighted by Gasteiger charge is 2.14. The maximum Gasteiger partial charge on any atom is 0.142 e. The fourth-order valence-corrected chi connectivity index (χ4v) is 2.51. The molecule has 100 valence electrons. The summed E-state index contributed by atoms with van der Waals surface area (Å²) in [5.74, 6) is 1.69. The van der Waals surface area contributed by atoms with E-state index >= 15 is 0 Å². The molecule has 1 fully saturated rings. The molecule has 1 aromatic rings. The van der Waals surface area contributed by atoms with Crippen LogP contribution < -0.4 is 10.1 Å². The first kappa shape index (κ1) is 13.3. The normalized spacial score (nSPS) is 16.7. The molecule has 1 saturated carbocycles. The van der Waals surface area contributed by atoms with Gasteiger partial charge in [0.15, 0.2) is 0 Å². The maximum atomic E-state index is 5.97. The summed E-state index contributed by atoms with van der Waals surface area (Å²) in [6.45, 7) is 4.80. The van der Waals surface area contributed by atoms with E-state index in [1.54, 1.807) is 0 Å². The van der Waals surface area contributed by atoms with Crippen molar-refractivity contribution in [3.05, 3.63) is 24.0 Å². The quantitative estimate of drug-likeness (QED) is 0.839. The van der Waals surface area contributed by atoms with Gasteiger partial charge in [0.2, 0.25) is 0 Å². The van der Waals surface area contributed by atoms with Gasteiger partial charge in [-0.25, -0.2) is 0 Å². The number of hydrogen-bond donors (Lipinski definition) is 1. The van der Waals surface area contributed by atoms with Crippen LogP contribution in [0, 0.1) is 5.92 Å². The Kier molecular flexibility index (Phi) is 5.46. The van der Waals surface area contributed by atoms with Gasteiger partial charge in [0, 0.05) is 18.3 Å². The summed E-state index contributed by atoms with van der Waals surface area (Å²) in [4.78, 5) is 4.16. The molecule has 2 rings (SSSR count). The van der Waals surface area contributed by atoms with E-state index in [0.717, 1.165) is 31.4 Å². The molecule has 3 heteroatoms. The van der Waals surface area contributed by atoms with Gasteiger partial charge in [-0.05, 0) is 31.4 Å². The Labute approximate surface area is 110 Å². The molecule has 0 amide bonds. The fourth-order valence-electron chi connectivity index (χ4n) is 2.51. The second-order valence-electron chi connectivity index (χ2n) is 5.08. The molecular weight excluding hydrogens is 224 g/mol. The van der Waals surface area contributed by atoms with Crippen molar-refractivity contribution >= 4 is 0 Å². The zero-order valence-corrected chi connectivity index (χ0v) is 11.3. The van der Waals surface area contributed by atoms with E-state index in [0.29, 0.717) is 0 Å². The van der Waals surface area contributed by atoms with Gasteiger partial charge in [-0.3, -0.25) is 4.98 Å². The topological polar surface area (TPSA) is 34.2 Å². The van der Waals surface area contributed by atoms with Crippen LogP contribution in [0.4, 0.5) is 0 Å². The average molecular weight is 248 g/mol. The summed E-state index contributed by atoms with van der Waals surface area (Å²) in [6, 6.07) is 2.04. The molecule has 0 spiro atoms. The predicted octanol–water partition coefficient (Wildman–Crippen LogP) is 3.15. The van der Waals surface area contributed by atoms with Crippen LogP contribution in [0.1, 0.15) is 44.6 Å². The van der Waals surface area contributed by atoms with Crippen molar-refractivity contribution < 1.29 is 4.74 Å². The lowest BCUT2D eigenvalue weighted by Gasteiger charge is -2.22. The number of nitrogens with zero attached hydrogens (tertiary/aromatic N) is 1. The van der Waals surface area contributed by atoms with E-state index in [-0.39, 0.29) is 0 Å². The molecule has 0 aliphatic heterocycles. The molecule has 0 atom stereocenters. The highest BCUT2D eigenvalue weighted by molar-refractivity contribution is 5.29. The summed E-state index contributed by atoms with van der Waals surface area (Å²) in [5.41, 5.74) is 1.21. The van der Waals surface area contributed by atoms with Crippen molar-refractivity contribution in [1.82, 2.24) is 10.3 Å². The van der Waals surface area contributed by atoms with Crippen LogP contribution in [0.3, 0.4) is 0 Å². The average Bonchev–Trinajstić information content (AvgIpc) is 2.45. The first-order chi connectivity index (χ1) is 8.90. The van der Waals surface area contributed by atoms with E-state index < -0.39 is 0 Å². The zero-order valence-electron chi connectivity index (χ0n) is 11.3. The highest BCUT2D eigenvalue weighted by Crippen LogP contribution is 2.25. The summed E-state index contributed by atoms with van der Waals surface area (Å²) in [7, 11) is 0. The van der Waals surface area contributed by atoms with Crippen LogP contribution in [0.15, 0.2) is 18.5 Å². The van der Waals surface area contributed by atoms with Gasteiger partial charge in [-0.1, -0.05) is 26.2 Å². The van der Waals surface area contributed by atoms with Gasteiger partial charge in [0.05, 0.1) is 12.8 Å². The van der Waals surface area contributed by atoms with Crippen molar-refractivity contribution in [3.63, 3.8) is 0 Å². The van der Waals surface area contributed by atoms with E-state index in [4.69, 9.17) is 4.74 Å². The minimum absolute atomic E-state index is 0.742. The van der Waals surface area contributed by atoms with Gasteiger partial charge in [-0.2, -0.15) is 0 Å². The first-order valence-electron chi connectivity index (χ1n) is 7.16. The SMILES string of the molecule is CCNCc1ccncc1OCC1CCCCC1. The summed E-state index contributed by atoms with van der Waals surface area (Å²) >= 11 is 0. The summed E-state index contributed by atoms with van der Waals surface area (Å²) in [5, 5.41) is 3.34. The third-order valence-corrected chi connectivity index (χ3v) is 3.63. The molecule has 1 aliphatic rings. The number of aromatic nitrogens is 1. The van der Waals surface area contributed by atoms with Gasteiger partial charge < -0.3 is 10.1 Å². The fraction of sp³-hybridized carbons (Fsp3) is 0.667. The lowest BCUT2D eigenvalue weighted by atomic mass is 9.90. The molecule has 18 heavy (non-hydrogen) atoms. The van der Waals surface area contributed by atoms with Crippen molar-refractivity contribution in [3.8, 4) is 5.75 Å². The standard InChI is InChI=1S/C15H24N2O/c1-2-16-10-14-8-9-17-11-15(14)18-12-13-6-4-3-5-7-13/h8-9,11,13,16H,2-7,10,12H2,1H3. The van der Waals surface area contributed by atoms with Crippen LogP contribution in [0.2, 0.25) is 0 Å². The largest absolute Gasteiger partial charge is 0.491 e. The van der Waals surface area contributed by atoms with E-state index in [9.17, 15) is 0 Å². The van der Waals surface area contributed by atoms with E-state index in [1.807, 2.05) is 18.5 Å². The molecule has 0 radical (unpaired) electrons. The molecule has 1 N–H and O–H groups in total. The zero-order chi connectivity index (χ0) is 12.6. The molecule has 1 aliphatic carbocycles. The summed E-state index contributed by atoms with van der Waals surface area (Å²) < 4.78 is 5.97. The molecule has 1 aromatic heterocycles. The minimum atomic E-state index is 0.742. The Hall–Kier alpha value is -1.09. The third kappa shape index (κ3) is 3.98. The molecule has 0 bridgehead atoms. The Bertz CT molecular complexity index is 348. The van der Waals surface area contributed by atoms with Gasteiger partial charge in [0.25, 0.3) is 0 Å². The lowest BCUT2D eigenvalue weighted by molar-refractivity contribution is 0.206. The second-order valence-corrected chi connectivity index (χ2v) is 5.08. The van der Waals surface area contributed by atoms with Gasteiger partial charge >= 0.3 is 0 Å². The maximum absolute atomic E-state index is 5.97. The number of nitrogens with one attached hydrogen (secondary N) is 1. The molecular formula is C15H24N2O. The molecule has 0 unspecified atom stereocenters. The Morgan fingerprint density at radius 2 is 2.17 bits per heavy atom. The van der Waals surface area contributed by atoms with Crippen LogP contribution in [-0.2, 0) is 6.54 Å². The number of rotatable bonds is 6. The number of ether oxygens (including phenoxy) is 1. The third-order valence-electron chi connectivity index (χ3n) is 3.63. The molecule has 0 saturated heterocycles. The Morgan fingerprint density at radius 3 is 2.94 bits per heavy atom. The van der Waals surface area contributed by atoms with Crippen molar-refractivity contribution in [1.29, 1.82) is 0 Å². The Morgan fingerprint density at radius 1 is 1.33 bits per heavy atom. The smallest absolute Gasteiger partial charge is 0.142 e. The molecule has 3 nitrogen and oxygen atoms in total. The number of pyridine rings is 1. The molecule has 0 aromatic carbocycles. The predicted molar refractivity (Wildman–Crippen MR) is 73.7 cm³/mol. The molecule has 1 heterocycles. The minimum Gasteiger partial charge on any atom is -0.491 e. The Balaban J connectivity index is 1.87. The van der Waals surface area contributed by atoms with Crippen molar-refractivity contribution in [2.24, 2.45) is 5.92 Å². The van der Waals surface area contributed by atoms with Crippen LogP contribution in [-0.4, -0.2) is 18.1 Å². The van der Waals surface area contributed by atoms with E-state index in [1.165, 1.54) is 37.7 Å². The summed E-state index contributed by atoms with van der Waals surface area (Å²) in [6.07, 6.45) is 10.5. The van der Waals surface area contributed by atoms with Crippen LogP contribution in [0.5, 0.6) is 5.75 Å². The lowest BCUT2D eigenvalue weighted by Crippen LogP contribution is -2.17. The van der Waals surface area contributed by atoms with Crippen molar-refractivity contribution in [2.45, 2.75) is 45.6 Å². The van der Waals surface area contributed by atoms with E-state index in [2.05, 4.69) is 17.2 Å². The monoisotopic (exact) mass is 248 g/mol. The highest BCUT2D eigenvalue weighted by atomic mass is 16.5. The van der Waals surface area contributed by atoms with Gasteiger partial charge in [-0.15, -0.1) is 0 Å². The number of hydrogen-bond acceptors (Lipinski definition) is 3. The van der Waals surface area contributed by atoms with Gasteiger partial charge in [0.1, 0.15) is 5.75 Å². The first-order valence-corrected chi connectivity index (χ1v) is 7.16. The van der Waals surface area contributed by atoms with Crippen molar-refractivity contribution in [2.75, 3.05) is 13.2 Å². The van der Waals surface area contributed by atoms with Crippen LogP contribution in [0.25, 0.3) is 0 Å². The van der Waals surface area contributed by atoms with Crippen LogP contribution >= 0.6 is 0 Å².